The Morgan fingerprint density at radius 3 is 2.31 bits per heavy atom. The predicted molar refractivity (Wildman–Crippen MR) is 74.6 cm³/mol. The lowest BCUT2D eigenvalue weighted by Gasteiger charge is -2.29. The molecular weight excluding hydrogens is 335 g/mol. The van der Waals surface area contributed by atoms with E-state index in [1.165, 1.54) is 11.6 Å². The first-order chi connectivity index (χ1) is 7.56. The van der Waals surface area contributed by atoms with E-state index < -0.39 is 0 Å². The van der Waals surface area contributed by atoms with Gasteiger partial charge in [0, 0.05) is 5.33 Å². The maximum atomic E-state index is 13.1. The molecule has 0 saturated carbocycles. The van der Waals surface area contributed by atoms with E-state index in [0.717, 1.165) is 24.6 Å². The predicted octanol–water partition coefficient (Wildman–Crippen LogP) is 5.33. The van der Waals surface area contributed by atoms with Crippen LogP contribution in [0.15, 0.2) is 22.7 Å². The number of hydrogen-bond donors (Lipinski definition) is 0. The van der Waals surface area contributed by atoms with E-state index in [4.69, 9.17) is 0 Å². The van der Waals surface area contributed by atoms with Crippen molar-refractivity contribution in [3.8, 4) is 0 Å². The molecule has 0 saturated heterocycles. The molecule has 0 unspecified atom stereocenters. The van der Waals surface area contributed by atoms with Crippen LogP contribution in [0.4, 0.5) is 4.39 Å². The van der Waals surface area contributed by atoms with Gasteiger partial charge >= 0.3 is 0 Å². The van der Waals surface area contributed by atoms with Gasteiger partial charge in [-0.3, -0.25) is 0 Å². The lowest BCUT2D eigenvalue weighted by atomic mass is 9.79. The Hall–Kier alpha value is 0.110. The van der Waals surface area contributed by atoms with Crippen molar-refractivity contribution in [3.63, 3.8) is 0 Å². The van der Waals surface area contributed by atoms with Gasteiger partial charge in [-0.05, 0) is 58.3 Å². The molecule has 0 radical (unpaired) electrons. The molecule has 1 rings (SSSR count). The van der Waals surface area contributed by atoms with Crippen LogP contribution in [0.25, 0.3) is 0 Å². The second kappa shape index (κ2) is 6.15. The average molecular weight is 352 g/mol. The average Bonchev–Trinajstić information content (AvgIpc) is 2.31. The summed E-state index contributed by atoms with van der Waals surface area (Å²) < 4.78 is 13.7. The van der Waals surface area contributed by atoms with Crippen molar-refractivity contribution in [2.75, 3.05) is 5.33 Å². The van der Waals surface area contributed by atoms with E-state index in [-0.39, 0.29) is 11.2 Å². The minimum Gasteiger partial charge on any atom is -0.206 e. The lowest BCUT2D eigenvalue weighted by Crippen LogP contribution is -2.23. The fourth-order valence-electron chi connectivity index (χ4n) is 1.82. The quantitative estimate of drug-likeness (QED) is 0.629. The molecule has 0 heterocycles. The topological polar surface area (TPSA) is 0 Å². The second-order valence-corrected chi connectivity index (χ2v) is 5.68. The van der Waals surface area contributed by atoms with Crippen LogP contribution in [0.1, 0.15) is 32.3 Å². The standard InChI is InChI=1S/C13H17Br2F/c1-3-13(4-2,9-14)8-10-5-6-12(16)11(15)7-10/h5-7H,3-4,8-9H2,1-2H3. The first-order valence-corrected chi connectivity index (χ1v) is 7.48. The smallest absolute Gasteiger partial charge is 0.137 e. The highest BCUT2D eigenvalue weighted by molar-refractivity contribution is 9.10. The minimum atomic E-state index is -0.193. The Labute approximate surface area is 114 Å². The van der Waals surface area contributed by atoms with E-state index in [9.17, 15) is 4.39 Å². The number of halogens is 3. The third kappa shape index (κ3) is 3.30. The normalized spacial score (nSPS) is 11.8. The molecule has 0 aliphatic carbocycles. The van der Waals surface area contributed by atoms with Crippen molar-refractivity contribution in [1.82, 2.24) is 0 Å². The van der Waals surface area contributed by atoms with Crippen LogP contribution < -0.4 is 0 Å². The summed E-state index contributed by atoms with van der Waals surface area (Å²) >= 11 is 6.83. The first kappa shape index (κ1) is 14.2. The Kier molecular flexibility index (Phi) is 5.45. The lowest BCUT2D eigenvalue weighted by molar-refractivity contribution is 0.307. The van der Waals surface area contributed by atoms with Crippen LogP contribution in [0.5, 0.6) is 0 Å². The molecule has 0 spiro atoms. The highest BCUT2D eigenvalue weighted by atomic mass is 79.9. The van der Waals surface area contributed by atoms with Crippen molar-refractivity contribution in [1.29, 1.82) is 0 Å². The van der Waals surface area contributed by atoms with Crippen LogP contribution in [-0.2, 0) is 6.42 Å². The monoisotopic (exact) mass is 350 g/mol. The molecule has 0 amide bonds. The molecule has 0 nitrogen and oxygen atoms in total. The molecule has 0 aromatic heterocycles. The second-order valence-electron chi connectivity index (χ2n) is 4.27. The summed E-state index contributed by atoms with van der Waals surface area (Å²) in [6, 6.07) is 5.30. The van der Waals surface area contributed by atoms with Crippen LogP contribution in [0.3, 0.4) is 0 Å². The van der Waals surface area contributed by atoms with Gasteiger partial charge in [-0.1, -0.05) is 35.8 Å². The molecule has 0 atom stereocenters. The van der Waals surface area contributed by atoms with Gasteiger partial charge in [0.1, 0.15) is 5.82 Å². The molecule has 1 aromatic rings. The molecule has 0 aliphatic rings. The zero-order valence-electron chi connectivity index (χ0n) is 9.69. The van der Waals surface area contributed by atoms with Gasteiger partial charge in [0.25, 0.3) is 0 Å². The molecule has 0 fully saturated rings. The molecule has 0 N–H and O–H groups in total. The van der Waals surface area contributed by atoms with Crippen molar-refractivity contribution in [2.45, 2.75) is 33.1 Å². The third-order valence-corrected chi connectivity index (χ3v) is 5.14. The summed E-state index contributed by atoms with van der Waals surface area (Å²) in [7, 11) is 0. The minimum absolute atomic E-state index is 0.193. The largest absolute Gasteiger partial charge is 0.206 e. The zero-order valence-corrected chi connectivity index (χ0v) is 12.9. The van der Waals surface area contributed by atoms with Crippen LogP contribution in [-0.4, -0.2) is 5.33 Å². The highest BCUT2D eigenvalue weighted by Crippen LogP contribution is 2.33. The van der Waals surface area contributed by atoms with Crippen LogP contribution >= 0.6 is 31.9 Å². The number of rotatable bonds is 5. The summed E-state index contributed by atoms with van der Waals surface area (Å²) in [5.41, 5.74) is 1.48. The summed E-state index contributed by atoms with van der Waals surface area (Å²) in [6.45, 7) is 4.42. The molecule has 90 valence electrons. The van der Waals surface area contributed by atoms with Crippen molar-refractivity contribution in [2.24, 2.45) is 5.41 Å². The first-order valence-electron chi connectivity index (χ1n) is 5.57. The van der Waals surface area contributed by atoms with Gasteiger partial charge in [0.2, 0.25) is 0 Å². The number of hydrogen-bond acceptors (Lipinski definition) is 0. The molecule has 1 aromatic carbocycles. The van der Waals surface area contributed by atoms with Crippen LogP contribution in [0, 0.1) is 11.2 Å². The summed E-state index contributed by atoms with van der Waals surface area (Å²) in [6.07, 6.45) is 3.25. The van der Waals surface area contributed by atoms with E-state index >= 15 is 0 Å². The van der Waals surface area contributed by atoms with E-state index in [2.05, 4.69) is 45.7 Å². The van der Waals surface area contributed by atoms with Crippen molar-refractivity contribution >= 4 is 31.9 Å². The van der Waals surface area contributed by atoms with E-state index in [1.54, 1.807) is 0 Å². The third-order valence-electron chi connectivity index (χ3n) is 3.35. The molecule has 3 heteroatoms. The molecular formula is C13H17Br2F. The van der Waals surface area contributed by atoms with Gasteiger partial charge < -0.3 is 0 Å². The Bertz CT molecular complexity index is 338. The van der Waals surface area contributed by atoms with Crippen molar-refractivity contribution < 1.29 is 4.39 Å². The van der Waals surface area contributed by atoms with Gasteiger partial charge in [-0.15, -0.1) is 0 Å². The van der Waals surface area contributed by atoms with Crippen LogP contribution in [0.2, 0.25) is 0 Å². The zero-order chi connectivity index (χ0) is 12.2. The maximum Gasteiger partial charge on any atom is 0.137 e. The fraction of sp³-hybridized carbons (Fsp3) is 0.538. The van der Waals surface area contributed by atoms with Gasteiger partial charge in [-0.25, -0.2) is 4.39 Å². The summed E-state index contributed by atoms with van der Waals surface area (Å²) in [5.74, 6) is -0.193. The number of alkyl halides is 1. The molecule has 0 bridgehead atoms. The molecule has 0 aliphatic heterocycles. The number of benzene rings is 1. The highest BCUT2D eigenvalue weighted by Gasteiger charge is 2.25. The Morgan fingerprint density at radius 2 is 1.88 bits per heavy atom. The maximum absolute atomic E-state index is 13.1. The Balaban J connectivity index is 2.89. The Morgan fingerprint density at radius 1 is 1.25 bits per heavy atom. The summed E-state index contributed by atoms with van der Waals surface area (Å²) in [4.78, 5) is 0. The van der Waals surface area contributed by atoms with E-state index in [1.807, 2.05) is 12.1 Å². The van der Waals surface area contributed by atoms with Gasteiger partial charge in [0.05, 0.1) is 4.47 Å². The van der Waals surface area contributed by atoms with Gasteiger partial charge in [-0.2, -0.15) is 0 Å². The SMILES string of the molecule is CCC(CC)(CBr)Cc1ccc(F)c(Br)c1. The summed E-state index contributed by atoms with van der Waals surface area (Å²) in [5, 5.41) is 0.988. The van der Waals surface area contributed by atoms with E-state index in [0.29, 0.717) is 4.47 Å². The molecule has 16 heavy (non-hydrogen) atoms. The van der Waals surface area contributed by atoms with Crippen molar-refractivity contribution in [3.05, 3.63) is 34.1 Å². The fourth-order valence-corrected chi connectivity index (χ4v) is 3.24. The van der Waals surface area contributed by atoms with Gasteiger partial charge in [0.15, 0.2) is 0 Å².